The Morgan fingerprint density at radius 3 is 2.17 bits per heavy atom. The third-order valence-corrected chi connectivity index (χ3v) is 3.47. The summed E-state index contributed by atoms with van der Waals surface area (Å²) in [5, 5.41) is 0.738. The average molecular weight is 260 g/mol. The molecule has 0 spiro atoms. The molecule has 0 amide bonds. The van der Waals surface area contributed by atoms with Crippen molar-refractivity contribution < 1.29 is 0 Å². The molecule has 2 aromatic rings. The second-order valence-electron chi connectivity index (χ2n) is 4.78. The van der Waals surface area contributed by atoms with E-state index < -0.39 is 0 Å². The van der Waals surface area contributed by atoms with E-state index in [9.17, 15) is 0 Å². The monoisotopic (exact) mass is 259 g/mol. The van der Waals surface area contributed by atoms with Gasteiger partial charge in [0, 0.05) is 11.6 Å². The molecule has 2 aromatic carbocycles. The fourth-order valence-corrected chi connectivity index (χ4v) is 2.77. The van der Waals surface area contributed by atoms with Crippen LogP contribution in [0.15, 0.2) is 30.3 Å². The van der Waals surface area contributed by atoms with Crippen molar-refractivity contribution in [2.75, 3.05) is 0 Å². The Balaban J connectivity index is 2.69. The first-order valence-electron chi connectivity index (χ1n) is 6.09. The highest BCUT2D eigenvalue weighted by Crippen LogP contribution is 2.32. The van der Waals surface area contributed by atoms with E-state index in [1.807, 2.05) is 12.1 Å². The molecule has 0 fully saturated rings. The summed E-state index contributed by atoms with van der Waals surface area (Å²) in [5.41, 5.74) is 13.2. The Morgan fingerprint density at radius 1 is 1.00 bits per heavy atom. The number of hydrogen-bond acceptors (Lipinski definition) is 1. The summed E-state index contributed by atoms with van der Waals surface area (Å²) >= 11 is 6.03. The maximum atomic E-state index is 6.03. The van der Waals surface area contributed by atoms with Crippen molar-refractivity contribution in [1.29, 1.82) is 0 Å². The van der Waals surface area contributed by atoms with Crippen molar-refractivity contribution >= 4 is 11.6 Å². The van der Waals surface area contributed by atoms with E-state index in [1.165, 1.54) is 27.8 Å². The molecule has 0 radical (unpaired) electrons. The Hall–Kier alpha value is -1.31. The standard InChI is InChI=1S/C16H18ClN/c1-10-6-11(2)16(12(3)7-10)15-5-4-14(17)8-13(15)9-18/h4-8H,9,18H2,1-3H3. The first-order valence-corrected chi connectivity index (χ1v) is 6.47. The van der Waals surface area contributed by atoms with E-state index in [2.05, 4.69) is 39.0 Å². The molecule has 0 atom stereocenters. The molecule has 0 aliphatic carbocycles. The highest BCUT2D eigenvalue weighted by atomic mass is 35.5. The number of rotatable bonds is 2. The predicted molar refractivity (Wildman–Crippen MR) is 79.0 cm³/mol. The molecule has 0 aliphatic rings. The topological polar surface area (TPSA) is 26.0 Å². The molecule has 94 valence electrons. The van der Waals surface area contributed by atoms with Gasteiger partial charge in [-0.3, -0.25) is 0 Å². The Bertz CT molecular complexity index is 565. The number of nitrogens with two attached hydrogens (primary N) is 1. The van der Waals surface area contributed by atoms with Crippen LogP contribution in [0.1, 0.15) is 22.3 Å². The van der Waals surface area contributed by atoms with Gasteiger partial charge < -0.3 is 5.73 Å². The minimum Gasteiger partial charge on any atom is -0.326 e. The zero-order valence-electron chi connectivity index (χ0n) is 11.0. The van der Waals surface area contributed by atoms with E-state index in [1.54, 1.807) is 0 Å². The normalized spacial score (nSPS) is 10.7. The van der Waals surface area contributed by atoms with Gasteiger partial charge in [-0.1, -0.05) is 35.4 Å². The highest BCUT2D eigenvalue weighted by Gasteiger charge is 2.10. The van der Waals surface area contributed by atoms with E-state index in [-0.39, 0.29) is 0 Å². The molecular formula is C16H18ClN. The SMILES string of the molecule is Cc1cc(C)c(-c2ccc(Cl)cc2CN)c(C)c1. The first-order chi connectivity index (χ1) is 8.52. The number of benzene rings is 2. The maximum absolute atomic E-state index is 6.03. The molecule has 0 saturated carbocycles. The van der Waals surface area contributed by atoms with Gasteiger partial charge in [0.15, 0.2) is 0 Å². The summed E-state index contributed by atoms with van der Waals surface area (Å²) in [6, 6.07) is 10.4. The summed E-state index contributed by atoms with van der Waals surface area (Å²) in [5.74, 6) is 0. The van der Waals surface area contributed by atoms with Crippen molar-refractivity contribution in [1.82, 2.24) is 0 Å². The average Bonchev–Trinajstić information content (AvgIpc) is 2.29. The van der Waals surface area contributed by atoms with Crippen molar-refractivity contribution in [3.05, 3.63) is 57.6 Å². The fraction of sp³-hybridized carbons (Fsp3) is 0.250. The minimum atomic E-state index is 0.503. The number of hydrogen-bond donors (Lipinski definition) is 1. The van der Waals surface area contributed by atoms with Crippen LogP contribution in [-0.2, 0) is 6.54 Å². The molecule has 2 heteroatoms. The smallest absolute Gasteiger partial charge is 0.0409 e. The van der Waals surface area contributed by atoms with Gasteiger partial charge in [0.1, 0.15) is 0 Å². The van der Waals surface area contributed by atoms with Crippen LogP contribution in [-0.4, -0.2) is 0 Å². The van der Waals surface area contributed by atoms with Crippen molar-refractivity contribution in [2.45, 2.75) is 27.3 Å². The molecule has 0 unspecified atom stereocenters. The Labute approximate surface area is 114 Å². The van der Waals surface area contributed by atoms with E-state index in [0.29, 0.717) is 6.54 Å². The van der Waals surface area contributed by atoms with Gasteiger partial charge in [-0.05, 0) is 60.7 Å². The Kier molecular flexibility index (Phi) is 3.74. The van der Waals surface area contributed by atoms with Crippen molar-refractivity contribution in [2.24, 2.45) is 5.73 Å². The van der Waals surface area contributed by atoms with Crippen LogP contribution in [0.4, 0.5) is 0 Å². The highest BCUT2D eigenvalue weighted by molar-refractivity contribution is 6.30. The zero-order valence-corrected chi connectivity index (χ0v) is 11.8. The lowest BCUT2D eigenvalue weighted by molar-refractivity contribution is 1.07. The van der Waals surface area contributed by atoms with E-state index >= 15 is 0 Å². The van der Waals surface area contributed by atoms with Crippen LogP contribution >= 0.6 is 11.6 Å². The molecule has 0 saturated heterocycles. The summed E-state index contributed by atoms with van der Waals surface area (Å²) in [7, 11) is 0. The number of halogens is 1. The first kappa shape index (κ1) is 13.1. The Morgan fingerprint density at radius 2 is 1.61 bits per heavy atom. The van der Waals surface area contributed by atoms with Crippen LogP contribution in [0, 0.1) is 20.8 Å². The van der Waals surface area contributed by atoms with Crippen molar-refractivity contribution in [3.63, 3.8) is 0 Å². The third kappa shape index (κ3) is 2.43. The summed E-state index contributed by atoms with van der Waals surface area (Å²) in [6.45, 7) is 6.91. The van der Waals surface area contributed by atoms with Gasteiger partial charge in [0.25, 0.3) is 0 Å². The summed E-state index contributed by atoms with van der Waals surface area (Å²) in [6.07, 6.45) is 0. The second kappa shape index (κ2) is 5.13. The second-order valence-corrected chi connectivity index (χ2v) is 5.22. The maximum Gasteiger partial charge on any atom is 0.0409 e. The van der Waals surface area contributed by atoms with Crippen LogP contribution < -0.4 is 5.73 Å². The summed E-state index contributed by atoms with van der Waals surface area (Å²) in [4.78, 5) is 0. The molecule has 1 nitrogen and oxygen atoms in total. The zero-order chi connectivity index (χ0) is 13.3. The van der Waals surface area contributed by atoms with Crippen molar-refractivity contribution in [3.8, 4) is 11.1 Å². The largest absolute Gasteiger partial charge is 0.326 e. The lowest BCUT2D eigenvalue weighted by atomic mass is 9.91. The van der Waals surface area contributed by atoms with Crippen LogP contribution in [0.25, 0.3) is 11.1 Å². The quantitative estimate of drug-likeness (QED) is 0.850. The van der Waals surface area contributed by atoms with Gasteiger partial charge in [-0.2, -0.15) is 0 Å². The summed E-state index contributed by atoms with van der Waals surface area (Å²) < 4.78 is 0. The molecular weight excluding hydrogens is 242 g/mol. The molecule has 0 bridgehead atoms. The van der Waals surface area contributed by atoms with Gasteiger partial charge in [-0.15, -0.1) is 0 Å². The van der Waals surface area contributed by atoms with E-state index in [0.717, 1.165) is 10.6 Å². The third-order valence-electron chi connectivity index (χ3n) is 3.23. The molecule has 2 rings (SSSR count). The predicted octanol–water partition coefficient (Wildman–Crippen LogP) is 4.39. The van der Waals surface area contributed by atoms with Gasteiger partial charge in [0.05, 0.1) is 0 Å². The van der Waals surface area contributed by atoms with Crippen LogP contribution in [0.3, 0.4) is 0 Å². The lowest BCUT2D eigenvalue weighted by Crippen LogP contribution is -2.01. The molecule has 18 heavy (non-hydrogen) atoms. The van der Waals surface area contributed by atoms with Gasteiger partial charge >= 0.3 is 0 Å². The number of aryl methyl sites for hydroxylation is 3. The van der Waals surface area contributed by atoms with Gasteiger partial charge in [-0.25, -0.2) is 0 Å². The van der Waals surface area contributed by atoms with E-state index in [4.69, 9.17) is 17.3 Å². The van der Waals surface area contributed by atoms with Crippen LogP contribution in [0.2, 0.25) is 5.02 Å². The van der Waals surface area contributed by atoms with Crippen LogP contribution in [0.5, 0.6) is 0 Å². The fourth-order valence-electron chi connectivity index (χ4n) is 2.58. The molecule has 0 aromatic heterocycles. The molecule has 0 aliphatic heterocycles. The lowest BCUT2D eigenvalue weighted by Gasteiger charge is -2.15. The minimum absolute atomic E-state index is 0.503. The molecule has 0 heterocycles. The van der Waals surface area contributed by atoms with Gasteiger partial charge in [0.2, 0.25) is 0 Å². The molecule has 2 N–H and O–H groups in total.